The first-order valence-corrected chi connectivity index (χ1v) is 18.8. The largest absolute Gasteiger partial charge is 0.310 e. The maximum Gasteiger partial charge on any atom is 0.164 e. The Balaban J connectivity index is 1.13. The van der Waals surface area contributed by atoms with E-state index >= 15 is 0 Å². The van der Waals surface area contributed by atoms with Crippen molar-refractivity contribution in [2.24, 2.45) is 0 Å². The number of nitrogens with zero attached hydrogens (tertiary/aromatic N) is 5. The van der Waals surface area contributed by atoms with Gasteiger partial charge >= 0.3 is 0 Å². The van der Waals surface area contributed by atoms with Gasteiger partial charge in [0, 0.05) is 50.2 Å². The van der Waals surface area contributed by atoms with Crippen molar-refractivity contribution in [3.05, 3.63) is 212 Å². The molecule has 0 fully saturated rings. The first-order chi connectivity index (χ1) is 27.8. The van der Waals surface area contributed by atoms with E-state index in [-0.39, 0.29) is 0 Å². The molecule has 0 atom stereocenters. The Morgan fingerprint density at radius 2 is 0.696 bits per heavy atom. The fraction of sp³-hybridized carbons (Fsp3) is 0. The number of benzene rings is 8. The number of hydrogen-bond donors (Lipinski definition) is 0. The lowest BCUT2D eigenvalue weighted by Gasteiger charge is -2.25. The van der Waals surface area contributed by atoms with Gasteiger partial charge in [-0.1, -0.05) is 133 Å². The van der Waals surface area contributed by atoms with Crippen LogP contribution in [0.25, 0.3) is 72.8 Å². The van der Waals surface area contributed by atoms with Crippen LogP contribution < -0.4 is 4.90 Å². The molecule has 0 aliphatic heterocycles. The topological polar surface area (TPSA) is 46.8 Å². The molecular formula is C51H35N5. The molecule has 0 saturated heterocycles. The minimum absolute atomic E-state index is 0.630. The lowest BCUT2D eigenvalue weighted by molar-refractivity contribution is 1.07. The molecule has 0 radical (unpaired) electrons. The van der Waals surface area contributed by atoms with Crippen LogP contribution in [0.1, 0.15) is 0 Å². The van der Waals surface area contributed by atoms with Gasteiger partial charge < -0.3 is 9.47 Å². The Kier molecular flexibility index (Phi) is 8.43. The van der Waals surface area contributed by atoms with E-state index in [0.717, 1.165) is 50.5 Å². The molecule has 10 rings (SSSR count). The van der Waals surface area contributed by atoms with Crippen molar-refractivity contribution in [1.82, 2.24) is 19.5 Å². The van der Waals surface area contributed by atoms with Crippen LogP contribution in [0.4, 0.5) is 17.1 Å². The summed E-state index contributed by atoms with van der Waals surface area (Å²) in [4.78, 5) is 17.1. The smallest absolute Gasteiger partial charge is 0.164 e. The quantitative estimate of drug-likeness (QED) is 0.157. The standard InChI is InChI=1S/C51H35N5/c1-6-16-36(17-7-1)40-28-32-47-45(34-40)46-35-44(55(41-22-12-4-13-23-41)42-24-14-5-15-25-42)31-33-48(46)56(47)43-29-26-39(27-30-43)51-53-49(37-18-8-2-9-19-37)52-50(54-51)38-20-10-3-11-21-38/h1-35H. The molecule has 0 aliphatic rings. The summed E-state index contributed by atoms with van der Waals surface area (Å²) < 4.78 is 2.36. The molecule has 0 aliphatic carbocycles. The molecule has 5 heteroatoms. The number of fused-ring (bicyclic) bond motifs is 3. The number of rotatable bonds is 8. The molecule has 56 heavy (non-hydrogen) atoms. The van der Waals surface area contributed by atoms with Crippen LogP contribution in [0.3, 0.4) is 0 Å². The molecule has 0 N–H and O–H groups in total. The molecule has 2 heterocycles. The average molecular weight is 718 g/mol. The van der Waals surface area contributed by atoms with Crippen molar-refractivity contribution in [3.8, 4) is 51.0 Å². The maximum absolute atomic E-state index is 4.97. The minimum atomic E-state index is 0.630. The second-order valence-electron chi connectivity index (χ2n) is 13.7. The lowest BCUT2D eigenvalue weighted by Crippen LogP contribution is -2.09. The second kappa shape index (κ2) is 14.3. The van der Waals surface area contributed by atoms with Gasteiger partial charge in [0.15, 0.2) is 17.5 Å². The van der Waals surface area contributed by atoms with Crippen LogP contribution in [0, 0.1) is 0 Å². The van der Waals surface area contributed by atoms with Crippen molar-refractivity contribution in [1.29, 1.82) is 0 Å². The molecule has 0 bridgehead atoms. The average Bonchev–Trinajstić information content (AvgIpc) is 3.61. The van der Waals surface area contributed by atoms with Gasteiger partial charge in [0.2, 0.25) is 0 Å². The van der Waals surface area contributed by atoms with E-state index in [0.29, 0.717) is 17.5 Å². The zero-order chi connectivity index (χ0) is 37.3. The number of para-hydroxylation sites is 2. The Morgan fingerprint density at radius 3 is 1.20 bits per heavy atom. The molecule has 0 unspecified atom stereocenters. The zero-order valence-electron chi connectivity index (χ0n) is 30.4. The van der Waals surface area contributed by atoms with Crippen molar-refractivity contribution in [2.75, 3.05) is 4.90 Å². The summed E-state index contributed by atoms with van der Waals surface area (Å²) in [6.07, 6.45) is 0. The zero-order valence-corrected chi connectivity index (χ0v) is 30.4. The Hall–Kier alpha value is -7.63. The van der Waals surface area contributed by atoms with E-state index in [1.165, 1.54) is 21.9 Å². The third kappa shape index (κ3) is 6.17. The number of hydrogen-bond acceptors (Lipinski definition) is 4. The highest BCUT2D eigenvalue weighted by molar-refractivity contribution is 6.12. The van der Waals surface area contributed by atoms with Gasteiger partial charge in [-0.25, -0.2) is 15.0 Å². The van der Waals surface area contributed by atoms with Gasteiger partial charge in [0.1, 0.15) is 0 Å². The Morgan fingerprint density at radius 1 is 0.304 bits per heavy atom. The van der Waals surface area contributed by atoms with Crippen molar-refractivity contribution in [2.45, 2.75) is 0 Å². The fourth-order valence-corrected chi connectivity index (χ4v) is 7.54. The molecule has 0 saturated carbocycles. The highest BCUT2D eigenvalue weighted by atomic mass is 15.1. The lowest BCUT2D eigenvalue weighted by atomic mass is 10.0. The van der Waals surface area contributed by atoms with E-state index in [4.69, 9.17) is 15.0 Å². The molecule has 5 nitrogen and oxygen atoms in total. The van der Waals surface area contributed by atoms with Crippen LogP contribution >= 0.6 is 0 Å². The molecule has 10 aromatic rings. The summed E-state index contributed by atoms with van der Waals surface area (Å²) in [6, 6.07) is 74.1. The molecule has 8 aromatic carbocycles. The summed E-state index contributed by atoms with van der Waals surface area (Å²) >= 11 is 0. The van der Waals surface area contributed by atoms with Crippen molar-refractivity contribution < 1.29 is 0 Å². The summed E-state index contributed by atoms with van der Waals surface area (Å²) in [5.74, 6) is 1.92. The monoisotopic (exact) mass is 717 g/mol. The first-order valence-electron chi connectivity index (χ1n) is 18.8. The Labute approximate surface area is 325 Å². The van der Waals surface area contributed by atoms with Crippen LogP contribution in [-0.2, 0) is 0 Å². The van der Waals surface area contributed by atoms with Gasteiger partial charge in [-0.2, -0.15) is 0 Å². The summed E-state index contributed by atoms with van der Waals surface area (Å²) in [7, 11) is 0. The fourth-order valence-electron chi connectivity index (χ4n) is 7.54. The van der Waals surface area contributed by atoms with Crippen molar-refractivity contribution in [3.63, 3.8) is 0 Å². The van der Waals surface area contributed by atoms with Crippen LogP contribution in [0.15, 0.2) is 212 Å². The summed E-state index contributed by atoms with van der Waals surface area (Å²) in [5, 5.41) is 2.36. The van der Waals surface area contributed by atoms with Crippen LogP contribution in [0.5, 0.6) is 0 Å². The normalized spacial score (nSPS) is 11.2. The van der Waals surface area contributed by atoms with E-state index in [1.54, 1.807) is 0 Å². The number of anilines is 3. The summed E-state index contributed by atoms with van der Waals surface area (Å²) in [5.41, 5.74) is 11.8. The third-order valence-corrected chi connectivity index (χ3v) is 10.2. The number of aromatic nitrogens is 4. The van der Waals surface area contributed by atoms with Gasteiger partial charge in [-0.15, -0.1) is 0 Å². The molecule has 264 valence electrons. The molecule has 0 spiro atoms. The maximum atomic E-state index is 4.97. The predicted octanol–water partition coefficient (Wildman–Crippen LogP) is 13.1. The van der Waals surface area contributed by atoms with E-state index in [1.807, 2.05) is 60.7 Å². The molecule has 0 amide bonds. The van der Waals surface area contributed by atoms with E-state index in [2.05, 4.69) is 161 Å². The van der Waals surface area contributed by atoms with Crippen molar-refractivity contribution >= 4 is 38.9 Å². The Bertz CT molecular complexity index is 2830. The van der Waals surface area contributed by atoms with Gasteiger partial charge in [0.05, 0.1) is 11.0 Å². The van der Waals surface area contributed by atoms with Gasteiger partial charge in [-0.05, 0) is 90.0 Å². The van der Waals surface area contributed by atoms with E-state index < -0.39 is 0 Å². The van der Waals surface area contributed by atoms with Crippen LogP contribution in [0.2, 0.25) is 0 Å². The van der Waals surface area contributed by atoms with Gasteiger partial charge in [0.25, 0.3) is 0 Å². The minimum Gasteiger partial charge on any atom is -0.310 e. The molecule has 2 aromatic heterocycles. The second-order valence-corrected chi connectivity index (χ2v) is 13.7. The van der Waals surface area contributed by atoms with Gasteiger partial charge in [-0.3, -0.25) is 0 Å². The highest BCUT2D eigenvalue weighted by Crippen LogP contribution is 2.41. The van der Waals surface area contributed by atoms with E-state index in [9.17, 15) is 0 Å². The summed E-state index contributed by atoms with van der Waals surface area (Å²) in [6.45, 7) is 0. The third-order valence-electron chi connectivity index (χ3n) is 10.2. The highest BCUT2D eigenvalue weighted by Gasteiger charge is 2.19. The molecular weight excluding hydrogens is 683 g/mol. The van der Waals surface area contributed by atoms with Crippen LogP contribution in [-0.4, -0.2) is 19.5 Å². The predicted molar refractivity (Wildman–Crippen MR) is 231 cm³/mol. The first kappa shape index (κ1) is 33.0. The SMILES string of the molecule is c1ccc(-c2ccc3c(c2)c2cc(N(c4ccccc4)c4ccccc4)ccc2n3-c2ccc(-c3nc(-c4ccccc4)nc(-c4ccccc4)n3)cc2)cc1.